The quantitative estimate of drug-likeness (QED) is 0.850. The predicted molar refractivity (Wildman–Crippen MR) is 70.7 cm³/mol. The molecule has 1 fully saturated rings. The average Bonchev–Trinajstić information content (AvgIpc) is 2.91. The lowest BCUT2D eigenvalue weighted by Crippen LogP contribution is -2.19. The summed E-state index contributed by atoms with van der Waals surface area (Å²) >= 11 is 3.55. The molecule has 0 aromatic heterocycles. The Labute approximate surface area is 114 Å². The van der Waals surface area contributed by atoms with E-state index in [9.17, 15) is 4.79 Å². The summed E-state index contributed by atoms with van der Waals surface area (Å²) in [6, 6.07) is 1.83. The third kappa shape index (κ3) is 1.91. The maximum absolute atomic E-state index is 11.1. The maximum atomic E-state index is 11.1. The van der Waals surface area contributed by atoms with Crippen molar-refractivity contribution >= 4 is 22.2 Å². The van der Waals surface area contributed by atoms with E-state index in [1.54, 1.807) is 0 Å². The molecule has 0 aliphatic carbocycles. The molecular formula is C13H14BrNO3. The highest BCUT2D eigenvalue weighted by Gasteiger charge is 2.29. The molecule has 96 valence electrons. The first-order chi connectivity index (χ1) is 8.81. The average molecular weight is 312 g/mol. The van der Waals surface area contributed by atoms with Gasteiger partial charge in [-0.15, -0.1) is 0 Å². The minimum atomic E-state index is 0.413. The Bertz CT molecular complexity index is 484. The van der Waals surface area contributed by atoms with Crippen LogP contribution in [0.25, 0.3) is 0 Å². The van der Waals surface area contributed by atoms with Gasteiger partial charge in [-0.25, -0.2) is 0 Å². The molecule has 18 heavy (non-hydrogen) atoms. The van der Waals surface area contributed by atoms with E-state index < -0.39 is 0 Å². The fourth-order valence-corrected chi connectivity index (χ4v) is 3.34. The van der Waals surface area contributed by atoms with Gasteiger partial charge in [0.15, 0.2) is 17.8 Å². The van der Waals surface area contributed by atoms with E-state index in [1.165, 1.54) is 0 Å². The highest BCUT2D eigenvalue weighted by molar-refractivity contribution is 9.10. The Balaban J connectivity index is 2.14. The van der Waals surface area contributed by atoms with Gasteiger partial charge in [0, 0.05) is 22.5 Å². The van der Waals surface area contributed by atoms with Gasteiger partial charge >= 0.3 is 0 Å². The summed E-state index contributed by atoms with van der Waals surface area (Å²) in [6.45, 7) is 2.99. The van der Waals surface area contributed by atoms with Crippen molar-refractivity contribution in [2.45, 2.75) is 12.3 Å². The van der Waals surface area contributed by atoms with Crippen molar-refractivity contribution in [1.82, 2.24) is 5.32 Å². The van der Waals surface area contributed by atoms with E-state index >= 15 is 0 Å². The zero-order valence-corrected chi connectivity index (χ0v) is 11.5. The van der Waals surface area contributed by atoms with Gasteiger partial charge in [0.1, 0.15) is 13.2 Å². The van der Waals surface area contributed by atoms with Crippen LogP contribution in [0.5, 0.6) is 11.5 Å². The van der Waals surface area contributed by atoms with Crippen LogP contribution in [-0.4, -0.2) is 32.6 Å². The van der Waals surface area contributed by atoms with E-state index in [-0.39, 0.29) is 0 Å². The summed E-state index contributed by atoms with van der Waals surface area (Å²) in [5, 5.41) is 3.35. The molecule has 4 nitrogen and oxygen atoms in total. The number of carbonyl (C=O) groups is 1. The monoisotopic (exact) mass is 311 g/mol. The fraction of sp³-hybridized carbons (Fsp3) is 0.462. The zero-order valence-electron chi connectivity index (χ0n) is 9.87. The number of ether oxygens (including phenoxy) is 2. The molecular weight excluding hydrogens is 298 g/mol. The largest absolute Gasteiger partial charge is 0.486 e. The first-order valence-corrected chi connectivity index (χ1v) is 6.88. The number of halogens is 1. The predicted octanol–water partition coefficient (Wildman–Crippen LogP) is 2.11. The van der Waals surface area contributed by atoms with Crippen LogP contribution in [0.4, 0.5) is 0 Å². The van der Waals surface area contributed by atoms with Crippen molar-refractivity contribution in [3.63, 3.8) is 0 Å². The number of benzene rings is 1. The van der Waals surface area contributed by atoms with Crippen LogP contribution < -0.4 is 14.8 Å². The Kier molecular flexibility index (Phi) is 3.26. The molecule has 0 spiro atoms. The van der Waals surface area contributed by atoms with Crippen molar-refractivity contribution in [3.8, 4) is 11.5 Å². The Morgan fingerprint density at radius 1 is 1.33 bits per heavy atom. The van der Waals surface area contributed by atoms with Crippen LogP contribution >= 0.6 is 15.9 Å². The van der Waals surface area contributed by atoms with Gasteiger partial charge in [0.05, 0.1) is 5.56 Å². The van der Waals surface area contributed by atoms with Gasteiger partial charge in [-0.05, 0) is 19.0 Å². The van der Waals surface area contributed by atoms with Crippen molar-refractivity contribution in [2.24, 2.45) is 0 Å². The van der Waals surface area contributed by atoms with Crippen molar-refractivity contribution in [1.29, 1.82) is 0 Å². The van der Waals surface area contributed by atoms with Gasteiger partial charge < -0.3 is 14.8 Å². The van der Waals surface area contributed by atoms with Crippen LogP contribution in [0, 0.1) is 0 Å². The van der Waals surface area contributed by atoms with E-state index in [0.717, 1.165) is 41.6 Å². The number of nitrogens with one attached hydrogen (secondary N) is 1. The second kappa shape index (κ2) is 4.90. The maximum Gasteiger partial charge on any atom is 0.172 e. The minimum Gasteiger partial charge on any atom is -0.486 e. The molecule has 0 amide bonds. The molecule has 0 bridgehead atoms. The van der Waals surface area contributed by atoms with Crippen LogP contribution in [-0.2, 0) is 0 Å². The summed E-state index contributed by atoms with van der Waals surface area (Å²) < 4.78 is 12.3. The highest BCUT2D eigenvalue weighted by Crippen LogP contribution is 2.45. The van der Waals surface area contributed by atoms with Crippen LogP contribution in [0.15, 0.2) is 10.5 Å². The number of aldehydes is 1. The molecule has 2 aliphatic heterocycles. The molecule has 2 heterocycles. The van der Waals surface area contributed by atoms with Crippen molar-refractivity contribution < 1.29 is 14.3 Å². The number of hydrogen-bond acceptors (Lipinski definition) is 4. The lowest BCUT2D eigenvalue weighted by atomic mass is 9.95. The van der Waals surface area contributed by atoms with Gasteiger partial charge in [-0.2, -0.15) is 0 Å². The Morgan fingerprint density at radius 2 is 2.11 bits per heavy atom. The molecule has 1 aromatic carbocycles. The summed E-state index contributed by atoms with van der Waals surface area (Å²) in [7, 11) is 0. The van der Waals surface area contributed by atoms with Crippen LogP contribution in [0.3, 0.4) is 0 Å². The molecule has 0 saturated carbocycles. The number of hydrogen-bond donors (Lipinski definition) is 1. The third-order valence-electron chi connectivity index (χ3n) is 3.42. The normalized spacial score (nSPS) is 21.9. The smallest absolute Gasteiger partial charge is 0.172 e. The topological polar surface area (TPSA) is 47.6 Å². The molecule has 5 heteroatoms. The van der Waals surface area contributed by atoms with Crippen LogP contribution in [0.1, 0.15) is 28.3 Å². The lowest BCUT2D eigenvalue weighted by Gasteiger charge is -2.25. The number of rotatable bonds is 2. The van der Waals surface area contributed by atoms with Gasteiger partial charge in [-0.1, -0.05) is 15.9 Å². The fourth-order valence-electron chi connectivity index (χ4n) is 2.59. The summed E-state index contributed by atoms with van der Waals surface area (Å²) in [5.41, 5.74) is 1.67. The van der Waals surface area contributed by atoms with Gasteiger partial charge in [-0.3, -0.25) is 4.79 Å². The third-order valence-corrected chi connectivity index (χ3v) is 4.08. The van der Waals surface area contributed by atoms with Gasteiger partial charge in [0.2, 0.25) is 0 Å². The molecule has 1 unspecified atom stereocenters. The second-order valence-electron chi connectivity index (χ2n) is 4.52. The van der Waals surface area contributed by atoms with Crippen LogP contribution in [0.2, 0.25) is 0 Å². The first kappa shape index (κ1) is 12.0. The molecule has 1 atom stereocenters. The molecule has 1 saturated heterocycles. The van der Waals surface area contributed by atoms with E-state index in [0.29, 0.717) is 30.4 Å². The standard InChI is InChI=1S/C13H14BrNO3/c14-10-5-9(7-16)12-13(18-4-3-17-12)11(10)8-1-2-15-6-8/h5,7-8,15H,1-4,6H2. The lowest BCUT2D eigenvalue weighted by molar-refractivity contribution is 0.111. The summed E-state index contributed by atoms with van der Waals surface area (Å²) in [4.78, 5) is 11.1. The Hall–Kier alpha value is -1.07. The first-order valence-electron chi connectivity index (χ1n) is 6.09. The summed E-state index contributed by atoms with van der Waals surface area (Å²) in [6.07, 6.45) is 1.89. The molecule has 0 radical (unpaired) electrons. The van der Waals surface area contributed by atoms with Crippen molar-refractivity contribution in [3.05, 3.63) is 21.7 Å². The summed E-state index contributed by atoms with van der Waals surface area (Å²) in [5.74, 6) is 1.75. The SMILES string of the molecule is O=Cc1cc(Br)c(C2CCNC2)c2c1OCCO2. The van der Waals surface area contributed by atoms with E-state index in [4.69, 9.17) is 9.47 Å². The second-order valence-corrected chi connectivity index (χ2v) is 5.38. The number of fused-ring (bicyclic) bond motifs is 1. The molecule has 1 aromatic rings. The molecule has 2 aliphatic rings. The zero-order chi connectivity index (χ0) is 12.5. The van der Waals surface area contributed by atoms with Gasteiger partial charge in [0.25, 0.3) is 0 Å². The molecule has 3 rings (SSSR count). The minimum absolute atomic E-state index is 0.413. The van der Waals surface area contributed by atoms with E-state index in [1.807, 2.05) is 6.07 Å². The highest BCUT2D eigenvalue weighted by atomic mass is 79.9. The van der Waals surface area contributed by atoms with E-state index in [2.05, 4.69) is 21.2 Å². The Morgan fingerprint density at radius 3 is 2.78 bits per heavy atom. The number of carbonyl (C=O) groups excluding carboxylic acids is 1. The molecule has 1 N–H and O–H groups in total. The van der Waals surface area contributed by atoms with Crippen molar-refractivity contribution in [2.75, 3.05) is 26.3 Å².